The van der Waals surface area contributed by atoms with E-state index in [0.717, 1.165) is 25.9 Å². The number of nitrogens with zero attached hydrogens (tertiary/aromatic N) is 1. The third kappa shape index (κ3) is 4.12. The zero-order valence-electron chi connectivity index (χ0n) is 12.4. The zero-order chi connectivity index (χ0) is 16.1. The summed E-state index contributed by atoms with van der Waals surface area (Å²) in [4.78, 5) is 26.1. The van der Waals surface area contributed by atoms with Crippen molar-refractivity contribution >= 4 is 40.7 Å². The maximum absolute atomic E-state index is 11.9. The average molecular weight is 344 g/mol. The van der Waals surface area contributed by atoms with Gasteiger partial charge in [-0.1, -0.05) is 36.2 Å². The summed E-state index contributed by atoms with van der Waals surface area (Å²) >= 11 is 11.8. The average Bonchev–Trinajstić information content (AvgIpc) is 2.96. The number of amides is 2. The van der Waals surface area contributed by atoms with Crippen LogP contribution in [0.2, 0.25) is 10.0 Å². The van der Waals surface area contributed by atoms with Gasteiger partial charge in [0, 0.05) is 12.6 Å². The van der Waals surface area contributed by atoms with Gasteiger partial charge in [-0.25, -0.2) is 0 Å². The van der Waals surface area contributed by atoms with Gasteiger partial charge in [-0.3, -0.25) is 14.5 Å². The molecule has 1 aromatic carbocycles. The topological polar surface area (TPSA) is 61.4 Å². The molecule has 1 atom stereocenters. The van der Waals surface area contributed by atoms with Crippen molar-refractivity contribution in [3.63, 3.8) is 0 Å². The second-order valence-corrected chi connectivity index (χ2v) is 5.98. The second kappa shape index (κ2) is 7.81. The summed E-state index contributed by atoms with van der Waals surface area (Å²) in [5.74, 6) is -1.41. The minimum Gasteiger partial charge on any atom is -0.346 e. The minimum atomic E-state index is -0.745. The third-order valence-corrected chi connectivity index (χ3v) is 4.63. The maximum Gasteiger partial charge on any atom is 0.313 e. The smallest absolute Gasteiger partial charge is 0.313 e. The Bertz CT molecular complexity index is 566. The van der Waals surface area contributed by atoms with E-state index in [1.165, 1.54) is 0 Å². The van der Waals surface area contributed by atoms with Gasteiger partial charge in [0.05, 0.1) is 15.7 Å². The summed E-state index contributed by atoms with van der Waals surface area (Å²) in [7, 11) is 0. The molecule has 120 valence electrons. The third-order valence-electron chi connectivity index (χ3n) is 3.81. The van der Waals surface area contributed by atoms with Crippen molar-refractivity contribution in [3.05, 3.63) is 28.2 Å². The minimum absolute atomic E-state index is 0.221. The van der Waals surface area contributed by atoms with Crippen LogP contribution in [0.25, 0.3) is 0 Å². The van der Waals surface area contributed by atoms with Gasteiger partial charge >= 0.3 is 11.8 Å². The fourth-order valence-electron chi connectivity index (χ4n) is 2.61. The Morgan fingerprint density at radius 1 is 1.32 bits per heavy atom. The summed E-state index contributed by atoms with van der Waals surface area (Å²) < 4.78 is 0. The predicted molar refractivity (Wildman–Crippen MR) is 88.4 cm³/mol. The van der Waals surface area contributed by atoms with E-state index in [2.05, 4.69) is 22.5 Å². The van der Waals surface area contributed by atoms with Crippen LogP contribution in [-0.2, 0) is 9.59 Å². The lowest BCUT2D eigenvalue weighted by atomic mass is 10.2. The van der Waals surface area contributed by atoms with E-state index >= 15 is 0 Å². The molecule has 2 amide bonds. The molecule has 2 N–H and O–H groups in total. The second-order valence-electron chi connectivity index (χ2n) is 5.19. The lowest BCUT2D eigenvalue weighted by molar-refractivity contribution is -0.136. The number of anilines is 1. The number of halogens is 2. The number of carbonyl (C=O) groups is 2. The Hall–Kier alpha value is -1.30. The molecule has 0 radical (unpaired) electrons. The first-order valence-corrected chi connectivity index (χ1v) is 8.05. The predicted octanol–water partition coefficient (Wildman–Crippen LogP) is 2.53. The van der Waals surface area contributed by atoms with E-state index in [0.29, 0.717) is 23.3 Å². The number of benzene rings is 1. The molecule has 0 bridgehead atoms. The molecule has 2 rings (SSSR count). The maximum atomic E-state index is 11.9. The largest absolute Gasteiger partial charge is 0.346 e. The number of nitrogens with one attached hydrogen (secondary N) is 2. The molecule has 1 aromatic rings. The molecule has 0 saturated carbocycles. The molecule has 7 heteroatoms. The highest BCUT2D eigenvalue weighted by molar-refractivity contribution is 6.45. The summed E-state index contributed by atoms with van der Waals surface area (Å²) in [6, 6.07) is 5.16. The lowest BCUT2D eigenvalue weighted by Crippen LogP contribution is -2.43. The molecule has 1 fully saturated rings. The number of rotatable bonds is 4. The summed E-state index contributed by atoms with van der Waals surface area (Å²) in [6.45, 7) is 4.56. The van der Waals surface area contributed by atoms with Crippen LogP contribution in [0.15, 0.2) is 18.2 Å². The van der Waals surface area contributed by atoms with Crippen LogP contribution in [0.4, 0.5) is 5.69 Å². The first-order chi connectivity index (χ1) is 10.5. The first kappa shape index (κ1) is 17.1. The van der Waals surface area contributed by atoms with Gasteiger partial charge in [-0.15, -0.1) is 0 Å². The van der Waals surface area contributed by atoms with E-state index in [-0.39, 0.29) is 5.02 Å². The Labute approximate surface area is 139 Å². The van der Waals surface area contributed by atoms with E-state index in [9.17, 15) is 9.59 Å². The molecule has 1 aliphatic rings. The van der Waals surface area contributed by atoms with Crippen LogP contribution >= 0.6 is 23.2 Å². The highest BCUT2D eigenvalue weighted by Gasteiger charge is 2.24. The van der Waals surface area contributed by atoms with Crippen LogP contribution in [-0.4, -0.2) is 42.4 Å². The highest BCUT2D eigenvalue weighted by atomic mass is 35.5. The highest BCUT2D eigenvalue weighted by Crippen LogP contribution is 2.29. The molecule has 0 unspecified atom stereocenters. The van der Waals surface area contributed by atoms with Crippen LogP contribution in [0.3, 0.4) is 0 Å². The zero-order valence-corrected chi connectivity index (χ0v) is 13.9. The van der Waals surface area contributed by atoms with Gasteiger partial charge in [-0.05, 0) is 38.1 Å². The number of hydrogen-bond donors (Lipinski definition) is 2. The lowest BCUT2D eigenvalue weighted by Gasteiger charge is -2.22. The fraction of sp³-hybridized carbons (Fsp3) is 0.467. The molecule has 1 saturated heterocycles. The van der Waals surface area contributed by atoms with Crippen LogP contribution in [0.1, 0.15) is 19.8 Å². The fourth-order valence-corrected chi connectivity index (χ4v) is 2.96. The van der Waals surface area contributed by atoms with Crippen LogP contribution < -0.4 is 10.6 Å². The van der Waals surface area contributed by atoms with Crippen LogP contribution in [0.5, 0.6) is 0 Å². The number of hydrogen-bond acceptors (Lipinski definition) is 3. The molecule has 1 heterocycles. The molecular weight excluding hydrogens is 325 g/mol. The normalized spacial score (nSPS) is 18.2. The van der Waals surface area contributed by atoms with Crippen molar-refractivity contribution in [3.8, 4) is 0 Å². The van der Waals surface area contributed by atoms with Gasteiger partial charge in [0.15, 0.2) is 0 Å². The molecule has 5 nitrogen and oxygen atoms in total. The molecule has 1 aliphatic heterocycles. The Morgan fingerprint density at radius 2 is 2.09 bits per heavy atom. The van der Waals surface area contributed by atoms with Gasteiger partial charge in [0.25, 0.3) is 0 Å². The SMILES string of the molecule is CCN1CCC[C@H]1CNC(=O)C(=O)Nc1cccc(Cl)c1Cl. The quantitative estimate of drug-likeness (QED) is 0.825. The monoisotopic (exact) mass is 343 g/mol. The van der Waals surface area contributed by atoms with Crippen molar-refractivity contribution < 1.29 is 9.59 Å². The number of carbonyl (C=O) groups excluding carboxylic acids is 2. The summed E-state index contributed by atoms with van der Waals surface area (Å²) in [5, 5.41) is 5.69. The van der Waals surface area contributed by atoms with Crippen LogP contribution in [0, 0.1) is 0 Å². The Balaban J connectivity index is 1.87. The van der Waals surface area contributed by atoms with Gasteiger partial charge < -0.3 is 10.6 Å². The first-order valence-electron chi connectivity index (χ1n) is 7.30. The Kier molecular flexibility index (Phi) is 6.06. The number of likely N-dealkylation sites (tertiary alicyclic amines) is 1. The van der Waals surface area contributed by atoms with Gasteiger partial charge in [0.2, 0.25) is 0 Å². The van der Waals surface area contributed by atoms with E-state index < -0.39 is 11.8 Å². The summed E-state index contributed by atoms with van der Waals surface area (Å²) in [6.07, 6.45) is 2.16. The summed E-state index contributed by atoms with van der Waals surface area (Å²) in [5.41, 5.74) is 0.324. The van der Waals surface area contributed by atoms with Crippen molar-refractivity contribution in [1.82, 2.24) is 10.2 Å². The van der Waals surface area contributed by atoms with Crippen molar-refractivity contribution in [2.45, 2.75) is 25.8 Å². The van der Waals surface area contributed by atoms with E-state index in [4.69, 9.17) is 23.2 Å². The van der Waals surface area contributed by atoms with E-state index in [1.807, 2.05) is 0 Å². The molecule has 0 spiro atoms. The van der Waals surface area contributed by atoms with Gasteiger partial charge in [0.1, 0.15) is 0 Å². The van der Waals surface area contributed by atoms with Crippen molar-refractivity contribution in [2.75, 3.05) is 25.0 Å². The number of likely N-dealkylation sites (N-methyl/N-ethyl adjacent to an activating group) is 1. The molecular formula is C15H19Cl2N3O2. The molecule has 22 heavy (non-hydrogen) atoms. The Morgan fingerprint density at radius 3 is 2.82 bits per heavy atom. The standard InChI is InChI=1S/C15H19Cl2N3O2/c1-2-20-8-4-5-10(20)9-18-14(21)15(22)19-12-7-3-6-11(16)13(12)17/h3,6-7,10H,2,4-5,8-9H2,1H3,(H,18,21)(H,19,22)/t10-/m0/s1. The van der Waals surface area contributed by atoms with Gasteiger partial charge in [-0.2, -0.15) is 0 Å². The van der Waals surface area contributed by atoms with Crippen molar-refractivity contribution in [1.29, 1.82) is 0 Å². The van der Waals surface area contributed by atoms with Crippen molar-refractivity contribution in [2.24, 2.45) is 0 Å². The molecule has 0 aromatic heterocycles. The molecule has 0 aliphatic carbocycles. The van der Waals surface area contributed by atoms with E-state index in [1.54, 1.807) is 18.2 Å².